The molecular formula is C30H39Cl2N3O. The molecule has 1 amide bonds. The van der Waals surface area contributed by atoms with Crippen LogP contribution < -0.4 is 10.2 Å². The average molecular weight is 529 g/mol. The maximum atomic E-state index is 12.8. The number of carbonyl (C=O) groups is 1. The van der Waals surface area contributed by atoms with E-state index in [0.29, 0.717) is 17.9 Å². The van der Waals surface area contributed by atoms with Gasteiger partial charge < -0.3 is 10.2 Å². The number of amides is 1. The first kappa shape index (κ1) is 25.9. The number of piperidine rings is 1. The summed E-state index contributed by atoms with van der Waals surface area (Å²) in [6.07, 6.45) is 8.10. The highest BCUT2D eigenvalue weighted by Gasteiger charge is 2.32. The molecule has 1 N–H and O–H groups in total. The minimum absolute atomic E-state index is 0.181. The van der Waals surface area contributed by atoms with Crippen molar-refractivity contribution >= 4 is 34.8 Å². The first-order chi connectivity index (χ1) is 17.4. The molecule has 2 aromatic rings. The summed E-state index contributed by atoms with van der Waals surface area (Å²) in [5, 5.41) is 4.79. The standard InChI is InChI=1S/C30H39Cl2N3O/c1-20-15-23(24-17-35(18-24)29-27(31)9-6-10-28(29)32)16-21(2)26(20)19-34-13-11-22(12-14-34)30(36)33-25-7-4-3-5-8-25/h6,9-10,15-16,22,24-25H,3-5,7-8,11-14,17-19H2,1-2H3,(H,33,36). The van der Waals surface area contributed by atoms with E-state index in [2.05, 4.69) is 41.1 Å². The Balaban J connectivity index is 1.14. The molecule has 2 saturated heterocycles. The monoisotopic (exact) mass is 527 g/mol. The highest BCUT2D eigenvalue weighted by Crippen LogP contribution is 2.40. The number of aryl methyl sites for hydroxylation is 2. The van der Waals surface area contributed by atoms with Gasteiger partial charge in [-0.15, -0.1) is 0 Å². The Bertz CT molecular complexity index is 1040. The van der Waals surface area contributed by atoms with Crippen molar-refractivity contribution in [2.24, 2.45) is 5.92 Å². The molecule has 2 aliphatic heterocycles. The summed E-state index contributed by atoms with van der Waals surface area (Å²) >= 11 is 12.8. The predicted molar refractivity (Wildman–Crippen MR) is 150 cm³/mol. The van der Waals surface area contributed by atoms with Gasteiger partial charge in [-0.05, 0) is 87.0 Å². The van der Waals surface area contributed by atoms with E-state index < -0.39 is 0 Å². The SMILES string of the molecule is Cc1cc(C2CN(c3c(Cl)cccc3Cl)C2)cc(C)c1CN1CCC(C(=O)NC2CCCCC2)CC1. The molecule has 0 bridgehead atoms. The molecule has 0 unspecified atom stereocenters. The van der Waals surface area contributed by atoms with Crippen LogP contribution in [0, 0.1) is 19.8 Å². The summed E-state index contributed by atoms with van der Waals surface area (Å²) in [4.78, 5) is 17.6. The Morgan fingerprint density at radius 3 is 2.17 bits per heavy atom. The molecule has 194 valence electrons. The van der Waals surface area contributed by atoms with E-state index in [1.807, 2.05) is 18.2 Å². The Morgan fingerprint density at radius 2 is 1.56 bits per heavy atom. The Morgan fingerprint density at radius 1 is 0.944 bits per heavy atom. The fraction of sp³-hybridized carbons (Fsp3) is 0.567. The van der Waals surface area contributed by atoms with Gasteiger partial charge in [-0.1, -0.05) is 60.7 Å². The molecule has 0 aromatic heterocycles. The highest BCUT2D eigenvalue weighted by molar-refractivity contribution is 6.39. The molecule has 36 heavy (non-hydrogen) atoms. The normalized spacial score (nSPS) is 20.4. The maximum Gasteiger partial charge on any atom is 0.223 e. The quantitative estimate of drug-likeness (QED) is 0.444. The summed E-state index contributed by atoms with van der Waals surface area (Å²) < 4.78 is 0. The van der Waals surface area contributed by atoms with Crippen molar-refractivity contribution in [2.45, 2.75) is 77.3 Å². The Hall–Kier alpha value is -1.75. The number of halogens is 2. The molecule has 6 heteroatoms. The minimum Gasteiger partial charge on any atom is -0.368 e. The molecule has 5 rings (SSSR count). The van der Waals surface area contributed by atoms with Crippen molar-refractivity contribution in [3.05, 3.63) is 62.6 Å². The van der Waals surface area contributed by atoms with Crippen molar-refractivity contribution in [3.63, 3.8) is 0 Å². The zero-order valence-electron chi connectivity index (χ0n) is 21.7. The third-order valence-corrected chi connectivity index (χ3v) is 9.23. The van der Waals surface area contributed by atoms with E-state index in [4.69, 9.17) is 23.2 Å². The van der Waals surface area contributed by atoms with Crippen LogP contribution in [0.25, 0.3) is 0 Å². The summed E-state index contributed by atoms with van der Waals surface area (Å²) in [6.45, 7) is 9.35. The zero-order valence-corrected chi connectivity index (χ0v) is 23.2. The summed E-state index contributed by atoms with van der Waals surface area (Å²) in [7, 11) is 0. The van der Waals surface area contributed by atoms with E-state index in [1.54, 1.807) is 0 Å². The number of anilines is 1. The fourth-order valence-corrected chi connectivity index (χ4v) is 6.95. The summed E-state index contributed by atoms with van der Waals surface area (Å²) in [5.41, 5.74) is 6.55. The molecule has 1 aliphatic carbocycles. The molecular weight excluding hydrogens is 489 g/mol. The van der Waals surface area contributed by atoms with Gasteiger partial charge in [0.15, 0.2) is 0 Å². The van der Waals surface area contributed by atoms with Crippen LogP contribution in [0.1, 0.15) is 73.1 Å². The van der Waals surface area contributed by atoms with E-state index in [9.17, 15) is 4.79 Å². The fourth-order valence-electron chi connectivity index (χ4n) is 6.32. The second kappa shape index (κ2) is 11.3. The number of para-hydroxylation sites is 1. The van der Waals surface area contributed by atoms with Gasteiger partial charge in [0.1, 0.15) is 0 Å². The topological polar surface area (TPSA) is 35.6 Å². The number of hydrogen-bond acceptors (Lipinski definition) is 3. The van der Waals surface area contributed by atoms with Crippen molar-refractivity contribution in [3.8, 4) is 0 Å². The number of nitrogens with one attached hydrogen (secondary N) is 1. The molecule has 0 atom stereocenters. The second-order valence-corrected chi connectivity index (χ2v) is 12.0. The maximum absolute atomic E-state index is 12.8. The van der Waals surface area contributed by atoms with Crippen LogP contribution in [0.3, 0.4) is 0 Å². The molecule has 2 aromatic carbocycles. The van der Waals surface area contributed by atoms with Gasteiger partial charge in [-0.3, -0.25) is 9.69 Å². The molecule has 4 nitrogen and oxygen atoms in total. The molecule has 3 fully saturated rings. The Kier molecular flexibility index (Phi) is 8.14. The van der Waals surface area contributed by atoms with E-state index in [-0.39, 0.29) is 5.92 Å². The van der Waals surface area contributed by atoms with Gasteiger partial charge in [0.05, 0.1) is 15.7 Å². The zero-order chi connectivity index (χ0) is 25.2. The third kappa shape index (κ3) is 5.71. The van der Waals surface area contributed by atoms with Gasteiger partial charge in [-0.25, -0.2) is 0 Å². The van der Waals surface area contributed by atoms with E-state index >= 15 is 0 Å². The molecule has 1 saturated carbocycles. The number of likely N-dealkylation sites (tertiary alicyclic amines) is 1. The van der Waals surface area contributed by atoms with E-state index in [0.717, 1.165) is 74.1 Å². The number of nitrogens with zero attached hydrogens (tertiary/aromatic N) is 2. The number of carbonyl (C=O) groups excluding carboxylic acids is 1. The molecule has 2 heterocycles. The lowest BCUT2D eigenvalue weighted by Gasteiger charge is -2.42. The lowest BCUT2D eigenvalue weighted by Crippen LogP contribution is -2.45. The average Bonchev–Trinajstić information content (AvgIpc) is 2.83. The molecule has 0 radical (unpaired) electrons. The van der Waals surface area contributed by atoms with Crippen LogP contribution in [0.2, 0.25) is 10.0 Å². The van der Waals surface area contributed by atoms with Crippen molar-refractivity contribution in [1.82, 2.24) is 10.2 Å². The van der Waals surface area contributed by atoms with Gasteiger partial charge in [0.2, 0.25) is 5.91 Å². The number of rotatable bonds is 6. The van der Waals surface area contributed by atoms with Crippen LogP contribution in [-0.2, 0) is 11.3 Å². The van der Waals surface area contributed by atoms with Crippen LogP contribution in [0.4, 0.5) is 5.69 Å². The summed E-state index contributed by atoms with van der Waals surface area (Å²) in [6, 6.07) is 10.9. The minimum atomic E-state index is 0.181. The highest BCUT2D eigenvalue weighted by atomic mass is 35.5. The van der Waals surface area contributed by atoms with Gasteiger partial charge >= 0.3 is 0 Å². The van der Waals surface area contributed by atoms with Gasteiger partial charge in [0, 0.05) is 37.5 Å². The molecule has 3 aliphatic rings. The van der Waals surface area contributed by atoms with E-state index in [1.165, 1.54) is 41.5 Å². The smallest absolute Gasteiger partial charge is 0.223 e. The van der Waals surface area contributed by atoms with Gasteiger partial charge in [0.25, 0.3) is 0 Å². The number of hydrogen-bond donors (Lipinski definition) is 1. The van der Waals surface area contributed by atoms with Crippen LogP contribution in [0.5, 0.6) is 0 Å². The largest absolute Gasteiger partial charge is 0.368 e. The van der Waals surface area contributed by atoms with Crippen LogP contribution >= 0.6 is 23.2 Å². The van der Waals surface area contributed by atoms with Crippen LogP contribution in [-0.4, -0.2) is 43.0 Å². The third-order valence-electron chi connectivity index (χ3n) is 8.62. The van der Waals surface area contributed by atoms with Crippen LogP contribution in [0.15, 0.2) is 30.3 Å². The predicted octanol–water partition coefficient (Wildman–Crippen LogP) is 6.87. The lowest BCUT2D eigenvalue weighted by molar-refractivity contribution is -0.127. The van der Waals surface area contributed by atoms with Crippen molar-refractivity contribution < 1.29 is 4.79 Å². The first-order valence-corrected chi connectivity index (χ1v) is 14.5. The Labute approximate surface area is 226 Å². The first-order valence-electron chi connectivity index (χ1n) is 13.7. The second-order valence-electron chi connectivity index (χ2n) is 11.2. The van der Waals surface area contributed by atoms with Crippen molar-refractivity contribution in [1.29, 1.82) is 0 Å². The van der Waals surface area contributed by atoms with Crippen molar-refractivity contribution in [2.75, 3.05) is 31.1 Å². The van der Waals surface area contributed by atoms with Gasteiger partial charge in [-0.2, -0.15) is 0 Å². The number of benzene rings is 2. The molecule has 0 spiro atoms. The lowest BCUT2D eigenvalue weighted by atomic mass is 9.86. The summed E-state index contributed by atoms with van der Waals surface area (Å²) in [5.74, 6) is 0.981.